The highest BCUT2D eigenvalue weighted by atomic mass is 35.5. The number of halogens is 2. The SMILES string of the molecule is COC[C@@](C)(CNS(=O)(=O)c1cc(C)c(Cl)cc1Cl)OC. The van der Waals surface area contributed by atoms with Crippen LogP contribution in [0.4, 0.5) is 0 Å². The van der Waals surface area contributed by atoms with Crippen LogP contribution in [0.1, 0.15) is 12.5 Å². The van der Waals surface area contributed by atoms with Gasteiger partial charge in [0, 0.05) is 25.8 Å². The summed E-state index contributed by atoms with van der Waals surface area (Å²) in [4.78, 5) is -0.0121. The monoisotopic (exact) mass is 355 g/mol. The number of hydrogen-bond acceptors (Lipinski definition) is 4. The number of aryl methyl sites for hydroxylation is 1. The zero-order valence-electron chi connectivity index (χ0n) is 12.4. The van der Waals surface area contributed by atoms with E-state index < -0.39 is 15.6 Å². The second-order valence-electron chi connectivity index (χ2n) is 4.94. The quantitative estimate of drug-likeness (QED) is 0.816. The number of sulfonamides is 1. The van der Waals surface area contributed by atoms with Crippen molar-refractivity contribution in [2.75, 3.05) is 27.4 Å². The molecule has 0 saturated carbocycles. The summed E-state index contributed by atoms with van der Waals surface area (Å²) in [6.45, 7) is 3.76. The van der Waals surface area contributed by atoms with E-state index >= 15 is 0 Å². The molecule has 0 unspecified atom stereocenters. The van der Waals surface area contributed by atoms with Gasteiger partial charge in [-0.25, -0.2) is 13.1 Å². The minimum atomic E-state index is -3.77. The lowest BCUT2D eigenvalue weighted by atomic mass is 10.1. The molecule has 1 aromatic carbocycles. The van der Waals surface area contributed by atoms with Crippen molar-refractivity contribution in [3.05, 3.63) is 27.7 Å². The summed E-state index contributed by atoms with van der Waals surface area (Å²) in [6, 6.07) is 2.85. The van der Waals surface area contributed by atoms with Gasteiger partial charge in [0.15, 0.2) is 0 Å². The molecule has 0 amide bonds. The fourth-order valence-electron chi connectivity index (χ4n) is 1.65. The van der Waals surface area contributed by atoms with Crippen molar-refractivity contribution in [1.82, 2.24) is 4.72 Å². The van der Waals surface area contributed by atoms with E-state index in [0.717, 1.165) is 0 Å². The molecule has 21 heavy (non-hydrogen) atoms. The minimum Gasteiger partial charge on any atom is -0.382 e. The van der Waals surface area contributed by atoms with Crippen LogP contribution < -0.4 is 4.72 Å². The Bertz CT molecular complexity index is 606. The van der Waals surface area contributed by atoms with Crippen molar-refractivity contribution in [3.63, 3.8) is 0 Å². The highest BCUT2D eigenvalue weighted by Crippen LogP contribution is 2.28. The van der Waals surface area contributed by atoms with Gasteiger partial charge in [-0.15, -0.1) is 0 Å². The molecule has 1 aromatic rings. The summed E-state index contributed by atoms with van der Waals surface area (Å²) in [5.41, 5.74) is -0.136. The van der Waals surface area contributed by atoms with Gasteiger partial charge in [-0.3, -0.25) is 0 Å². The molecule has 0 aliphatic heterocycles. The molecule has 0 aliphatic carbocycles. The Morgan fingerprint density at radius 2 is 1.86 bits per heavy atom. The van der Waals surface area contributed by atoms with Gasteiger partial charge in [-0.05, 0) is 31.5 Å². The summed E-state index contributed by atoms with van der Waals surface area (Å²) >= 11 is 11.9. The highest BCUT2D eigenvalue weighted by molar-refractivity contribution is 7.89. The molecule has 8 heteroatoms. The number of rotatable bonds is 7. The molecule has 0 saturated heterocycles. The summed E-state index contributed by atoms with van der Waals surface area (Å²) < 4.78 is 37.5. The number of benzene rings is 1. The standard InChI is InChI=1S/C13H19Cl2NO4S/c1-9-5-12(11(15)6-10(9)14)21(17,18)16-7-13(2,20-4)8-19-3/h5-6,16H,7-8H2,1-4H3/t13-/m1/s1. The maximum absolute atomic E-state index is 12.3. The Morgan fingerprint density at radius 3 is 2.38 bits per heavy atom. The first-order chi connectivity index (χ1) is 9.65. The minimum absolute atomic E-state index is 0.0121. The fraction of sp³-hybridized carbons (Fsp3) is 0.538. The van der Waals surface area contributed by atoms with Gasteiger partial charge in [0.1, 0.15) is 10.5 Å². The van der Waals surface area contributed by atoms with Crippen molar-refractivity contribution in [3.8, 4) is 0 Å². The molecule has 5 nitrogen and oxygen atoms in total. The van der Waals surface area contributed by atoms with Gasteiger partial charge in [-0.1, -0.05) is 23.2 Å². The van der Waals surface area contributed by atoms with Crippen molar-refractivity contribution in [2.24, 2.45) is 0 Å². The third-order valence-electron chi connectivity index (χ3n) is 3.08. The molecule has 0 spiro atoms. The molecular formula is C13H19Cl2NO4S. The first kappa shape index (κ1) is 18.7. The summed E-state index contributed by atoms with van der Waals surface area (Å²) in [5.74, 6) is 0. The molecule has 120 valence electrons. The fourth-order valence-corrected chi connectivity index (χ4v) is 3.64. The lowest BCUT2D eigenvalue weighted by molar-refractivity contribution is -0.0460. The maximum Gasteiger partial charge on any atom is 0.242 e. The zero-order chi connectivity index (χ0) is 16.3. The van der Waals surface area contributed by atoms with Crippen molar-refractivity contribution >= 4 is 33.2 Å². The van der Waals surface area contributed by atoms with E-state index in [1.54, 1.807) is 13.8 Å². The smallest absolute Gasteiger partial charge is 0.242 e. The van der Waals surface area contributed by atoms with Crippen LogP contribution in [0, 0.1) is 6.92 Å². The summed E-state index contributed by atoms with van der Waals surface area (Å²) in [7, 11) is -0.756. The largest absolute Gasteiger partial charge is 0.382 e. The Balaban J connectivity index is 3.00. The van der Waals surface area contributed by atoms with Gasteiger partial charge in [0.25, 0.3) is 0 Å². The first-order valence-corrected chi connectivity index (χ1v) is 8.38. The predicted molar refractivity (Wildman–Crippen MR) is 83.7 cm³/mol. The zero-order valence-corrected chi connectivity index (χ0v) is 14.7. The van der Waals surface area contributed by atoms with Crippen LogP contribution >= 0.6 is 23.2 Å². The molecule has 0 bridgehead atoms. The average Bonchev–Trinajstić information content (AvgIpc) is 2.41. The van der Waals surface area contributed by atoms with E-state index in [-0.39, 0.29) is 23.1 Å². The molecular weight excluding hydrogens is 337 g/mol. The molecule has 0 fully saturated rings. The third-order valence-corrected chi connectivity index (χ3v) is 5.35. The van der Waals surface area contributed by atoms with Crippen LogP contribution in [0.5, 0.6) is 0 Å². The van der Waals surface area contributed by atoms with Crippen molar-refractivity contribution in [1.29, 1.82) is 0 Å². The van der Waals surface area contributed by atoms with Crippen LogP contribution in [-0.4, -0.2) is 41.4 Å². The summed E-state index contributed by atoms with van der Waals surface area (Å²) in [6.07, 6.45) is 0. The Labute approximate surface area is 135 Å². The first-order valence-electron chi connectivity index (χ1n) is 6.14. The number of nitrogens with one attached hydrogen (secondary N) is 1. The normalized spacial score (nSPS) is 15.0. The summed E-state index contributed by atoms with van der Waals surface area (Å²) in [5, 5.41) is 0.490. The topological polar surface area (TPSA) is 64.6 Å². The van der Waals surface area contributed by atoms with Gasteiger partial charge in [0.2, 0.25) is 10.0 Å². The van der Waals surface area contributed by atoms with Gasteiger partial charge < -0.3 is 9.47 Å². The Hall–Kier alpha value is -0.370. The van der Waals surface area contributed by atoms with E-state index in [0.29, 0.717) is 10.6 Å². The van der Waals surface area contributed by atoms with Crippen molar-refractivity contribution < 1.29 is 17.9 Å². The Kier molecular flexibility index (Phi) is 6.46. The van der Waals surface area contributed by atoms with Gasteiger partial charge in [0.05, 0.1) is 11.6 Å². The maximum atomic E-state index is 12.3. The number of methoxy groups -OCH3 is 2. The second kappa shape index (κ2) is 7.26. The third kappa shape index (κ3) is 4.81. The molecule has 0 radical (unpaired) electrons. The van der Waals surface area contributed by atoms with Gasteiger partial charge >= 0.3 is 0 Å². The number of hydrogen-bond donors (Lipinski definition) is 1. The van der Waals surface area contributed by atoms with Gasteiger partial charge in [-0.2, -0.15) is 0 Å². The lowest BCUT2D eigenvalue weighted by Gasteiger charge is -2.27. The average molecular weight is 356 g/mol. The molecule has 1 rings (SSSR count). The van der Waals surface area contributed by atoms with Crippen LogP contribution in [0.25, 0.3) is 0 Å². The predicted octanol–water partition coefficient (Wildman–Crippen LogP) is 2.63. The van der Waals surface area contributed by atoms with E-state index in [1.165, 1.54) is 26.4 Å². The van der Waals surface area contributed by atoms with E-state index in [1.807, 2.05) is 0 Å². The molecule has 1 atom stereocenters. The van der Waals surface area contributed by atoms with Crippen LogP contribution in [-0.2, 0) is 19.5 Å². The van der Waals surface area contributed by atoms with Crippen LogP contribution in [0.3, 0.4) is 0 Å². The lowest BCUT2D eigenvalue weighted by Crippen LogP contribution is -2.45. The molecule has 0 aliphatic rings. The number of ether oxygens (including phenoxy) is 2. The highest BCUT2D eigenvalue weighted by Gasteiger charge is 2.28. The van der Waals surface area contributed by atoms with E-state index in [9.17, 15) is 8.42 Å². The second-order valence-corrected chi connectivity index (χ2v) is 7.49. The molecule has 0 heterocycles. The van der Waals surface area contributed by atoms with E-state index in [4.69, 9.17) is 32.7 Å². The Morgan fingerprint density at radius 1 is 1.24 bits per heavy atom. The van der Waals surface area contributed by atoms with Crippen molar-refractivity contribution in [2.45, 2.75) is 24.3 Å². The van der Waals surface area contributed by atoms with Crippen LogP contribution in [0.15, 0.2) is 17.0 Å². The van der Waals surface area contributed by atoms with E-state index in [2.05, 4.69) is 4.72 Å². The molecule has 0 aromatic heterocycles. The molecule has 1 N–H and O–H groups in total. The van der Waals surface area contributed by atoms with Crippen LogP contribution in [0.2, 0.25) is 10.0 Å².